The predicted molar refractivity (Wildman–Crippen MR) is 70.5 cm³/mol. The quantitative estimate of drug-likeness (QED) is 0.765. The summed E-state index contributed by atoms with van der Waals surface area (Å²) in [6.07, 6.45) is 0.115. The topological polar surface area (TPSA) is 26.3 Å². The number of rotatable bonds is 4. The minimum absolute atomic E-state index is 0.0286. The molecule has 1 aromatic rings. The van der Waals surface area contributed by atoms with Gasteiger partial charge in [0.25, 0.3) is 0 Å². The minimum atomic E-state index is -0.872. The molecular formula is C15H20F2O2. The van der Waals surface area contributed by atoms with Crippen molar-refractivity contribution in [2.24, 2.45) is 11.3 Å². The van der Waals surface area contributed by atoms with E-state index in [1.807, 2.05) is 27.7 Å². The van der Waals surface area contributed by atoms with Gasteiger partial charge in [-0.15, -0.1) is 0 Å². The Bertz CT molecular complexity index is 453. The average molecular weight is 270 g/mol. The molecule has 106 valence electrons. The van der Waals surface area contributed by atoms with Crippen molar-refractivity contribution in [3.05, 3.63) is 29.3 Å². The molecule has 0 bridgehead atoms. The molecule has 0 amide bonds. The largest absolute Gasteiger partial charge is 0.497 e. The van der Waals surface area contributed by atoms with Crippen molar-refractivity contribution in [2.75, 3.05) is 7.11 Å². The zero-order valence-corrected chi connectivity index (χ0v) is 12.0. The van der Waals surface area contributed by atoms with Crippen LogP contribution in [0.4, 0.5) is 8.78 Å². The number of carbonyl (C=O) groups is 1. The van der Waals surface area contributed by atoms with Crippen molar-refractivity contribution in [3.63, 3.8) is 0 Å². The van der Waals surface area contributed by atoms with Crippen LogP contribution in [0, 0.1) is 23.0 Å². The standard InChI is InChI=1S/C15H20F2O2/c1-9(15(2,3)4)6-13(18)14-11(16)7-10(19-5)8-12(14)17/h7-9H,6H2,1-5H3. The number of ketones is 1. The van der Waals surface area contributed by atoms with Crippen LogP contribution in [0.3, 0.4) is 0 Å². The summed E-state index contributed by atoms with van der Waals surface area (Å²) in [7, 11) is 1.32. The van der Waals surface area contributed by atoms with Crippen LogP contribution in [0.2, 0.25) is 0 Å². The molecule has 4 heteroatoms. The summed E-state index contributed by atoms with van der Waals surface area (Å²) in [5.41, 5.74) is -0.563. The fourth-order valence-electron chi connectivity index (χ4n) is 1.62. The Balaban J connectivity index is 3.01. The van der Waals surface area contributed by atoms with Gasteiger partial charge in [-0.05, 0) is 11.3 Å². The van der Waals surface area contributed by atoms with Crippen LogP contribution in [-0.4, -0.2) is 12.9 Å². The van der Waals surface area contributed by atoms with E-state index in [-0.39, 0.29) is 23.5 Å². The Labute approximate surface area is 112 Å². The van der Waals surface area contributed by atoms with Crippen molar-refractivity contribution in [3.8, 4) is 5.75 Å². The van der Waals surface area contributed by atoms with Crippen LogP contribution in [0.15, 0.2) is 12.1 Å². The highest BCUT2D eigenvalue weighted by atomic mass is 19.1. The van der Waals surface area contributed by atoms with Crippen LogP contribution >= 0.6 is 0 Å². The van der Waals surface area contributed by atoms with Gasteiger partial charge in [0.05, 0.1) is 12.7 Å². The van der Waals surface area contributed by atoms with E-state index in [0.29, 0.717) is 0 Å². The Hall–Kier alpha value is -1.45. The molecule has 1 unspecified atom stereocenters. The van der Waals surface area contributed by atoms with Crippen molar-refractivity contribution in [1.29, 1.82) is 0 Å². The highest BCUT2D eigenvalue weighted by Gasteiger charge is 2.26. The Morgan fingerprint density at radius 1 is 1.26 bits per heavy atom. The molecule has 0 saturated carbocycles. The second kappa shape index (κ2) is 5.68. The smallest absolute Gasteiger partial charge is 0.169 e. The van der Waals surface area contributed by atoms with E-state index in [2.05, 4.69) is 0 Å². The minimum Gasteiger partial charge on any atom is -0.497 e. The predicted octanol–water partition coefficient (Wildman–Crippen LogP) is 4.23. The van der Waals surface area contributed by atoms with Crippen molar-refractivity contribution < 1.29 is 18.3 Å². The molecule has 0 spiro atoms. The maximum absolute atomic E-state index is 13.8. The van der Waals surface area contributed by atoms with Crippen molar-refractivity contribution in [1.82, 2.24) is 0 Å². The maximum Gasteiger partial charge on any atom is 0.169 e. The fraction of sp³-hybridized carbons (Fsp3) is 0.533. The molecule has 0 heterocycles. The normalized spacial score (nSPS) is 13.2. The first-order valence-electron chi connectivity index (χ1n) is 6.23. The van der Waals surface area contributed by atoms with Gasteiger partial charge in [-0.1, -0.05) is 27.7 Å². The van der Waals surface area contributed by atoms with Gasteiger partial charge < -0.3 is 4.74 Å². The number of benzene rings is 1. The number of ether oxygens (including phenoxy) is 1. The highest BCUT2D eigenvalue weighted by molar-refractivity contribution is 5.96. The van der Waals surface area contributed by atoms with E-state index in [0.717, 1.165) is 12.1 Å². The van der Waals surface area contributed by atoms with Crippen LogP contribution in [0.25, 0.3) is 0 Å². The van der Waals surface area contributed by atoms with Gasteiger partial charge in [0, 0.05) is 18.6 Å². The van der Waals surface area contributed by atoms with Gasteiger partial charge in [0.2, 0.25) is 0 Å². The Morgan fingerprint density at radius 3 is 2.11 bits per heavy atom. The maximum atomic E-state index is 13.8. The summed E-state index contributed by atoms with van der Waals surface area (Å²) >= 11 is 0. The molecule has 1 aromatic carbocycles. The van der Waals surface area contributed by atoms with E-state index in [1.54, 1.807) is 0 Å². The summed E-state index contributed by atoms with van der Waals surface area (Å²) in [4.78, 5) is 12.0. The lowest BCUT2D eigenvalue weighted by atomic mass is 9.78. The van der Waals surface area contributed by atoms with Crippen LogP contribution in [-0.2, 0) is 0 Å². The number of methoxy groups -OCH3 is 1. The second-order valence-corrected chi connectivity index (χ2v) is 5.86. The summed E-state index contributed by atoms with van der Waals surface area (Å²) in [5.74, 6) is -2.16. The summed E-state index contributed by atoms with van der Waals surface area (Å²) < 4.78 is 32.3. The monoisotopic (exact) mass is 270 g/mol. The van der Waals surface area contributed by atoms with Gasteiger partial charge in [-0.3, -0.25) is 4.79 Å². The fourth-order valence-corrected chi connectivity index (χ4v) is 1.62. The lowest BCUT2D eigenvalue weighted by molar-refractivity contribution is 0.0918. The molecule has 19 heavy (non-hydrogen) atoms. The number of hydrogen-bond acceptors (Lipinski definition) is 2. The molecular weight excluding hydrogens is 250 g/mol. The third-order valence-electron chi connectivity index (χ3n) is 3.50. The van der Waals surface area contributed by atoms with Crippen molar-refractivity contribution >= 4 is 5.78 Å². The lowest BCUT2D eigenvalue weighted by Gasteiger charge is -2.26. The number of Topliss-reactive ketones (excluding diaryl/α,β-unsaturated/α-hetero) is 1. The molecule has 0 fully saturated rings. The van der Waals surface area contributed by atoms with Gasteiger partial charge in [-0.25, -0.2) is 8.78 Å². The molecule has 1 rings (SSSR count). The summed E-state index contributed by atoms with van der Waals surface area (Å²) in [6.45, 7) is 7.88. The molecule has 0 aliphatic carbocycles. The van der Waals surface area contributed by atoms with Gasteiger partial charge in [-0.2, -0.15) is 0 Å². The van der Waals surface area contributed by atoms with Crippen LogP contribution in [0.5, 0.6) is 5.75 Å². The van der Waals surface area contributed by atoms with Crippen LogP contribution < -0.4 is 4.74 Å². The van der Waals surface area contributed by atoms with Gasteiger partial charge >= 0.3 is 0 Å². The second-order valence-electron chi connectivity index (χ2n) is 5.86. The third kappa shape index (κ3) is 3.75. The molecule has 0 aliphatic heterocycles. The third-order valence-corrected chi connectivity index (χ3v) is 3.50. The van der Waals surface area contributed by atoms with Gasteiger partial charge in [0.15, 0.2) is 5.78 Å². The highest BCUT2D eigenvalue weighted by Crippen LogP contribution is 2.30. The van der Waals surface area contributed by atoms with E-state index in [1.165, 1.54) is 7.11 Å². The number of halogens is 2. The molecule has 0 N–H and O–H groups in total. The van der Waals surface area contributed by atoms with E-state index < -0.39 is 23.0 Å². The zero-order chi connectivity index (χ0) is 14.8. The molecule has 2 nitrogen and oxygen atoms in total. The number of hydrogen-bond donors (Lipinski definition) is 0. The first kappa shape index (κ1) is 15.6. The average Bonchev–Trinajstić information content (AvgIpc) is 2.26. The zero-order valence-electron chi connectivity index (χ0n) is 12.0. The molecule has 1 atom stereocenters. The molecule has 0 saturated heterocycles. The molecule has 0 aromatic heterocycles. The lowest BCUT2D eigenvalue weighted by Crippen LogP contribution is -2.21. The van der Waals surface area contributed by atoms with E-state index in [9.17, 15) is 13.6 Å². The first-order valence-corrected chi connectivity index (χ1v) is 6.23. The Kier molecular flexibility index (Phi) is 4.66. The Morgan fingerprint density at radius 2 is 1.74 bits per heavy atom. The molecule has 0 aliphatic rings. The SMILES string of the molecule is COc1cc(F)c(C(=O)CC(C)C(C)(C)C)c(F)c1. The summed E-state index contributed by atoms with van der Waals surface area (Å²) in [6, 6.07) is 2.05. The van der Waals surface area contributed by atoms with Crippen molar-refractivity contribution in [2.45, 2.75) is 34.1 Å². The van der Waals surface area contributed by atoms with E-state index >= 15 is 0 Å². The van der Waals surface area contributed by atoms with E-state index in [4.69, 9.17) is 4.74 Å². The van der Waals surface area contributed by atoms with Gasteiger partial charge in [0.1, 0.15) is 17.4 Å². The van der Waals surface area contributed by atoms with Crippen LogP contribution in [0.1, 0.15) is 44.5 Å². The summed E-state index contributed by atoms with van der Waals surface area (Å²) in [5, 5.41) is 0. The number of carbonyl (C=O) groups excluding carboxylic acids is 1. The molecule has 0 radical (unpaired) electrons. The first-order chi connectivity index (χ1) is 8.66.